The number of ether oxygens (including phenoxy) is 2. The summed E-state index contributed by atoms with van der Waals surface area (Å²) in [5, 5.41) is 0. The molecule has 0 saturated heterocycles. The first-order valence-corrected chi connectivity index (χ1v) is 4.55. The molecular weight excluding hydrogens is 223 g/mol. The van der Waals surface area contributed by atoms with Crippen molar-refractivity contribution in [1.82, 2.24) is 0 Å². The molecule has 90 valence electrons. The average molecular weight is 235 g/mol. The smallest absolute Gasteiger partial charge is 0.426 e. The minimum Gasteiger partial charge on any atom is -0.493 e. The SMILES string of the molecule is COc1ccccc1OC(CN)C(F)(F)F. The Morgan fingerprint density at radius 1 is 1.25 bits per heavy atom. The molecule has 0 heterocycles. The second-order valence-electron chi connectivity index (χ2n) is 3.03. The first-order chi connectivity index (χ1) is 7.49. The van der Waals surface area contributed by atoms with Crippen LogP contribution in [0.15, 0.2) is 24.3 Å². The molecule has 0 aliphatic rings. The van der Waals surface area contributed by atoms with Crippen molar-refractivity contribution < 1.29 is 22.6 Å². The fraction of sp³-hybridized carbons (Fsp3) is 0.400. The largest absolute Gasteiger partial charge is 0.493 e. The Kier molecular flexibility index (Phi) is 4.00. The monoisotopic (exact) mass is 235 g/mol. The first-order valence-electron chi connectivity index (χ1n) is 4.55. The summed E-state index contributed by atoms with van der Waals surface area (Å²) in [6, 6.07) is 6.10. The third-order valence-electron chi connectivity index (χ3n) is 1.92. The van der Waals surface area contributed by atoms with Gasteiger partial charge in [0.15, 0.2) is 11.5 Å². The van der Waals surface area contributed by atoms with Gasteiger partial charge in [-0.25, -0.2) is 0 Å². The fourth-order valence-corrected chi connectivity index (χ4v) is 1.12. The Morgan fingerprint density at radius 3 is 2.25 bits per heavy atom. The molecule has 1 unspecified atom stereocenters. The lowest BCUT2D eigenvalue weighted by Gasteiger charge is -2.21. The van der Waals surface area contributed by atoms with E-state index >= 15 is 0 Å². The molecule has 1 atom stereocenters. The van der Waals surface area contributed by atoms with Crippen LogP contribution in [0.5, 0.6) is 11.5 Å². The second kappa shape index (κ2) is 5.07. The number of halogens is 3. The van der Waals surface area contributed by atoms with Gasteiger partial charge in [-0.3, -0.25) is 0 Å². The van der Waals surface area contributed by atoms with Crippen molar-refractivity contribution in [3.8, 4) is 11.5 Å². The molecule has 6 heteroatoms. The van der Waals surface area contributed by atoms with Crippen molar-refractivity contribution in [2.24, 2.45) is 5.73 Å². The predicted octanol–water partition coefficient (Wildman–Crippen LogP) is 1.96. The zero-order chi connectivity index (χ0) is 12.2. The molecule has 2 N–H and O–H groups in total. The third-order valence-corrected chi connectivity index (χ3v) is 1.92. The van der Waals surface area contributed by atoms with Crippen LogP contribution < -0.4 is 15.2 Å². The fourth-order valence-electron chi connectivity index (χ4n) is 1.12. The number of benzene rings is 1. The van der Waals surface area contributed by atoms with Gasteiger partial charge in [-0.1, -0.05) is 12.1 Å². The van der Waals surface area contributed by atoms with Gasteiger partial charge in [-0.15, -0.1) is 0 Å². The highest BCUT2D eigenvalue weighted by molar-refractivity contribution is 5.39. The molecule has 0 amide bonds. The highest BCUT2D eigenvalue weighted by atomic mass is 19.4. The van der Waals surface area contributed by atoms with Crippen LogP contribution in [-0.2, 0) is 0 Å². The normalized spacial score (nSPS) is 13.3. The maximum Gasteiger partial charge on any atom is 0.426 e. The van der Waals surface area contributed by atoms with Crippen LogP contribution in [0.1, 0.15) is 0 Å². The van der Waals surface area contributed by atoms with Crippen molar-refractivity contribution in [2.75, 3.05) is 13.7 Å². The van der Waals surface area contributed by atoms with E-state index < -0.39 is 18.8 Å². The molecule has 0 aliphatic heterocycles. The van der Waals surface area contributed by atoms with Gasteiger partial charge < -0.3 is 15.2 Å². The van der Waals surface area contributed by atoms with E-state index in [1.54, 1.807) is 12.1 Å². The van der Waals surface area contributed by atoms with Crippen molar-refractivity contribution in [2.45, 2.75) is 12.3 Å². The van der Waals surface area contributed by atoms with Gasteiger partial charge in [0, 0.05) is 6.54 Å². The van der Waals surface area contributed by atoms with E-state index in [1.165, 1.54) is 19.2 Å². The summed E-state index contributed by atoms with van der Waals surface area (Å²) in [7, 11) is 1.35. The second-order valence-corrected chi connectivity index (χ2v) is 3.03. The number of rotatable bonds is 4. The Balaban J connectivity index is 2.86. The summed E-state index contributed by atoms with van der Waals surface area (Å²) in [4.78, 5) is 0. The number of nitrogens with two attached hydrogens (primary N) is 1. The molecule has 0 aromatic heterocycles. The van der Waals surface area contributed by atoms with Gasteiger partial charge in [0.1, 0.15) is 0 Å². The van der Waals surface area contributed by atoms with Crippen molar-refractivity contribution in [3.05, 3.63) is 24.3 Å². The summed E-state index contributed by atoms with van der Waals surface area (Å²) >= 11 is 0. The van der Waals surface area contributed by atoms with Crippen LogP contribution in [0, 0.1) is 0 Å². The quantitative estimate of drug-likeness (QED) is 0.867. The van der Waals surface area contributed by atoms with Crippen LogP contribution in [0.3, 0.4) is 0 Å². The van der Waals surface area contributed by atoms with E-state index in [1.807, 2.05) is 0 Å². The number of hydrogen-bond donors (Lipinski definition) is 1. The summed E-state index contributed by atoms with van der Waals surface area (Å²) < 4.78 is 46.8. The summed E-state index contributed by atoms with van der Waals surface area (Å²) in [5.41, 5.74) is 5.01. The Labute approximate surface area is 91.0 Å². The lowest BCUT2D eigenvalue weighted by atomic mass is 10.3. The molecule has 0 bridgehead atoms. The van der Waals surface area contributed by atoms with Crippen LogP contribution in [-0.4, -0.2) is 25.9 Å². The molecule has 0 aliphatic carbocycles. The molecule has 0 fully saturated rings. The molecule has 0 spiro atoms. The Hall–Kier alpha value is -1.43. The molecular formula is C10H12F3NO2. The van der Waals surface area contributed by atoms with Crippen LogP contribution in [0.25, 0.3) is 0 Å². The molecule has 3 nitrogen and oxygen atoms in total. The molecule has 16 heavy (non-hydrogen) atoms. The molecule has 1 aromatic rings. The lowest BCUT2D eigenvalue weighted by Crippen LogP contribution is -2.40. The van der Waals surface area contributed by atoms with E-state index in [9.17, 15) is 13.2 Å². The first kappa shape index (κ1) is 12.6. The summed E-state index contributed by atoms with van der Waals surface area (Å²) in [6.45, 7) is -0.637. The number of methoxy groups -OCH3 is 1. The van der Waals surface area contributed by atoms with E-state index in [0.717, 1.165) is 0 Å². The van der Waals surface area contributed by atoms with E-state index in [2.05, 4.69) is 0 Å². The minimum atomic E-state index is -4.49. The van der Waals surface area contributed by atoms with Gasteiger partial charge in [0.05, 0.1) is 7.11 Å². The van der Waals surface area contributed by atoms with Gasteiger partial charge in [-0.2, -0.15) is 13.2 Å². The zero-order valence-electron chi connectivity index (χ0n) is 8.62. The maximum absolute atomic E-state index is 12.4. The zero-order valence-corrected chi connectivity index (χ0v) is 8.62. The third kappa shape index (κ3) is 3.03. The summed E-state index contributed by atoms with van der Waals surface area (Å²) in [5.74, 6) is 0.267. The standard InChI is InChI=1S/C10H12F3NO2/c1-15-7-4-2-3-5-8(7)16-9(6-14)10(11,12)13/h2-5,9H,6,14H2,1H3. The highest BCUT2D eigenvalue weighted by Gasteiger charge is 2.41. The molecule has 1 rings (SSSR count). The van der Waals surface area contributed by atoms with E-state index in [0.29, 0.717) is 0 Å². The molecule has 0 radical (unpaired) electrons. The topological polar surface area (TPSA) is 44.5 Å². The lowest BCUT2D eigenvalue weighted by molar-refractivity contribution is -0.191. The Bertz CT molecular complexity index is 341. The van der Waals surface area contributed by atoms with E-state index in [-0.39, 0.29) is 11.5 Å². The van der Waals surface area contributed by atoms with Gasteiger partial charge in [0.2, 0.25) is 6.10 Å². The highest BCUT2D eigenvalue weighted by Crippen LogP contribution is 2.30. The Morgan fingerprint density at radius 2 is 1.81 bits per heavy atom. The average Bonchev–Trinajstić information content (AvgIpc) is 2.24. The van der Waals surface area contributed by atoms with Crippen LogP contribution >= 0.6 is 0 Å². The maximum atomic E-state index is 12.4. The number of para-hydroxylation sites is 2. The number of hydrogen-bond acceptors (Lipinski definition) is 3. The number of alkyl halides is 3. The summed E-state index contributed by atoms with van der Waals surface area (Å²) in [6.07, 6.45) is -6.51. The predicted molar refractivity (Wildman–Crippen MR) is 52.5 cm³/mol. The van der Waals surface area contributed by atoms with Gasteiger partial charge >= 0.3 is 6.18 Å². The van der Waals surface area contributed by atoms with Crippen LogP contribution in [0.2, 0.25) is 0 Å². The molecule has 0 saturated carbocycles. The van der Waals surface area contributed by atoms with Gasteiger partial charge in [0.25, 0.3) is 0 Å². The van der Waals surface area contributed by atoms with Crippen LogP contribution in [0.4, 0.5) is 13.2 Å². The minimum absolute atomic E-state index is 0.0257. The van der Waals surface area contributed by atoms with Gasteiger partial charge in [-0.05, 0) is 12.1 Å². The van der Waals surface area contributed by atoms with Crippen molar-refractivity contribution in [1.29, 1.82) is 0 Å². The van der Waals surface area contributed by atoms with Crippen molar-refractivity contribution in [3.63, 3.8) is 0 Å². The van der Waals surface area contributed by atoms with E-state index in [4.69, 9.17) is 15.2 Å². The van der Waals surface area contributed by atoms with Crippen molar-refractivity contribution >= 4 is 0 Å². The molecule has 1 aromatic carbocycles.